The van der Waals surface area contributed by atoms with Crippen LogP contribution in [0.1, 0.15) is 29.6 Å². The molecule has 0 aromatic heterocycles. The molecule has 1 fully saturated rings. The van der Waals surface area contributed by atoms with Crippen LogP contribution in [0.2, 0.25) is 0 Å². The van der Waals surface area contributed by atoms with Crippen molar-refractivity contribution in [3.8, 4) is 11.1 Å². The molecule has 136 valence electrons. The van der Waals surface area contributed by atoms with Crippen LogP contribution in [0, 0.1) is 5.41 Å². The molecule has 26 heavy (non-hydrogen) atoms. The zero-order valence-corrected chi connectivity index (χ0v) is 14.9. The minimum absolute atomic E-state index is 0.0651. The van der Waals surface area contributed by atoms with Crippen molar-refractivity contribution in [2.24, 2.45) is 5.41 Å². The maximum Gasteiger partial charge on any atom is 0.312 e. The van der Waals surface area contributed by atoms with Gasteiger partial charge in [0.1, 0.15) is 0 Å². The summed E-state index contributed by atoms with van der Waals surface area (Å²) in [4.78, 5) is 25.5. The van der Waals surface area contributed by atoms with Crippen molar-refractivity contribution >= 4 is 17.4 Å². The number of carbonyl (C=O) groups is 2. The van der Waals surface area contributed by atoms with Gasteiger partial charge in [0.2, 0.25) is 0 Å². The third-order valence-electron chi connectivity index (χ3n) is 5.02. The Morgan fingerprint density at radius 3 is 2.38 bits per heavy atom. The summed E-state index contributed by atoms with van der Waals surface area (Å²) in [5.74, 6) is -0.399. The zero-order chi connectivity index (χ0) is 18.6. The second kappa shape index (κ2) is 7.70. The summed E-state index contributed by atoms with van der Waals surface area (Å²) in [5.41, 5.74) is 7.99. The number of anilines is 1. The van der Waals surface area contributed by atoms with Gasteiger partial charge in [-0.05, 0) is 36.1 Å². The molecule has 0 radical (unpaired) electrons. The highest BCUT2D eigenvalue weighted by atomic mass is 16.5. The van der Waals surface area contributed by atoms with E-state index in [-0.39, 0.29) is 18.2 Å². The molecule has 0 aliphatic carbocycles. The molecule has 3 rings (SSSR count). The van der Waals surface area contributed by atoms with Crippen LogP contribution in [0.15, 0.2) is 48.5 Å². The maximum absolute atomic E-state index is 13.1. The van der Waals surface area contributed by atoms with Gasteiger partial charge in [-0.1, -0.05) is 36.4 Å². The van der Waals surface area contributed by atoms with Crippen molar-refractivity contribution in [1.29, 1.82) is 0 Å². The second-order valence-electron chi connectivity index (χ2n) is 6.65. The molecule has 0 unspecified atom stereocenters. The summed E-state index contributed by atoms with van der Waals surface area (Å²) in [6, 6.07) is 14.9. The van der Waals surface area contributed by atoms with Gasteiger partial charge in [0.05, 0.1) is 12.5 Å². The van der Waals surface area contributed by atoms with Crippen molar-refractivity contribution in [2.45, 2.75) is 19.3 Å². The number of esters is 1. The number of nitrogens with two attached hydrogens (primary N) is 1. The lowest BCUT2D eigenvalue weighted by Crippen LogP contribution is -2.40. The Kier molecular flexibility index (Phi) is 5.38. The molecule has 2 aromatic carbocycles. The highest BCUT2D eigenvalue weighted by molar-refractivity contribution is 6.04. The fourth-order valence-corrected chi connectivity index (χ4v) is 3.47. The molecule has 5 nitrogen and oxygen atoms in total. The van der Waals surface area contributed by atoms with Crippen molar-refractivity contribution in [3.05, 3.63) is 54.1 Å². The molecule has 0 amide bonds. The third-order valence-corrected chi connectivity index (χ3v) is 5.02. The lowest BCUT2D eigenvalue weighted by molar-refractivity contribution is -0.158. The van der Waals surface area contributed by atoms with Gasteiger partial charge in [-0.25, -0.2) is 0 Å². The highest BCUT2D eigenvalue weighted by Gasteiger charge is 2.43. The maximum atomic E-state index is 13.1. The Bertz CT molecular complexity index is 792. The van der Waals surface area contributed by atoms with E-state index in [0.29, 0.717) is 37.3 Å². The molecule has 0 spiro atoms. The quantitative estimate of drug-likeness (QED) is 0.506. The van der Waals surface area contributed by atoms with E-state index in [9.17, 15) is 9.59 Å². The number of Topliss-reactive ketones (excluding diaryl/α,β-unsaturated/α-hetero) is 1. The molecule has 2 aromatic rings. The van der Waals surface area contributed by atoms with E-state index < -0.39 is 5.41 Å². The average molecular weight is 353 g/mol. The lowest BCUT2D eigenvalue weighted by Gasteiger charge is -2.34. The molecule has 1 aliphatic rings. The van der Waals surface area contributed by atoms with Gasteiger partial charge in [-0.15, -0.1) is 0 Å². The summed E-state index contributed by atoms with van der Waals surface area (Å²) < 4.78 is 10.4. The Labute approximate surface area is 153 Å². The van der Waals surface area contributed by atoms with Crippen LogP contribution in [0.4, 0.5) is 5.69 Å². The first-order valence-electron chi connectivity index (χ1n) is 8.70. The number of hydrogen-bond donors (Lipinski definition) is 1. The second-order valence-corrected chi connectivity index (χ2v) is 6.65. The number of carbonyl (C=O) groups excluding carboxylic acids is 2. The average Bonchev–Trinajstić information content (AvgIpc) is 2.68. The Morgan fingerprint density at radius 2 is 1.73 bits per heavy atom. The molecule has 1 aliphatic heterocycles. The van der Waals surface area contributed by atoms with E-state index in [2.05, 4.69) is 0 Å². The summed E-state index contributed by atoms with van der Waals surface area (Å²) in [6.45, 7) is 0.921. The number of ether oxygens (including phenoxy) is 2. The number of methoxy groups -OCH3 is 1. The van der Waals surface area contributed by atoms with E-state index >= 15 is 0 Å². The van der Waals surface area contributed by atoms with Gasteiger partial charge in [-0.3, -0.25) is 9.59 Å². The van der Waals surface area contributed by atoms with E-state index in [1.54, 1.807) is 6.07 Å². The number of hydrogen-bond acceptors (Lipinski definition) is 5. The first-order valence-corrected chi connectivity index (χ1v) is 8.70. The van der Waals surface area contributed by atoms with E-state index in [0.717, 1.165) is 11.1 Å². The first kappa shape index (κ1) is 18.1. The molecular formula is C21H23NO4. The Balaban J connectivity index is 1.92. The van der Waals surface area contributed by atoms with Crippen molar-refractivity contribution in [3.63, 3.8) is 0 Å². The fraction of sp³-hybridized carbons (Fsp3) is 0.333. The van der Waals surface area contributed by atoms with Gasteiger partial charge >= 0.3 is 5.97 Å². The summed E-state index contributed by atoms with van der Waals surface area (Å²) >= 11 is 0. The zero-order valence-electron chi connectivity index (χ0n) is 14.9. The van der Waals surface area contributed by atoms with Crippen LogP contribution >= 0.6 is 0 Å². The molecular weight excluding hydrogens is 330 g/mol. The largest absolute Gasteiger partial charge is 0.469 e. The van der Waals surface area contributed by atoms with Crippen LogP contribution in [-0.2, 0) is 14.3 Å². The highest BCUT2D eigenvalue weighted by Crippen LogP contribution is 2.38. The van der Waals surface area contributed by atoms with E-state index in [4.69, 9.17) is 15.2 Å². The van der Waals surface area contributed by atoms with Crippen LogP contribution in [0.3, 0.4) is 0 Å². The van der Waals surface area contributed by atoms with E-state index in [1.165, 1.54) is 7.11 Å². The molecule has 5 heteroatoms. The lowest BCUT2D eigenvalue weighted by atomic mass is 9.74. The Morgan fingerprint density at radius 1 is 1.08 bits per heavy atom. The summed E-state index contributed by atoms with van der Waals surface area (Å²) in [6.07, 6.45) is 1.11. The molecule has 0 bridgehead atoms. The topological polar surface area (TPSA) is 78.6 Å². The predicted molar refractivity (Wildman–Crippen MR) is 99.7 cm³/mol. The van der Waals surface area contributed by atoms with Gasteiger partial charge < -0.3 is 15.2 Å². The number of nitrogen functional groups attached to an aromatic ring is 1. The number of ketones is 1. The van der Waals surface area contributed by atoms with Gasteiger partial charge in [0, 0.05) is 30.9 Å². The molecule has 2 N–H and O–H groups in total. The van der Waals surface area contributed by atoms with Crippen molar-refractivity contribution in [2.75, 3.05) is 26.1 Å². The van der Waals surface area contributed by atoms with Crippen LogP contribution in [-0.4, -0.2) is 32.1 Å². The van der Waals surface area contributed by atoms with Gasteiger partial charge in [0.25, 0.3) is 0 Å². The monoisotopic (exact) mass is 353 g/mol. The Hall–Kier alpha value is -2.66. The smallest absolute Gasteiger partial charge is 0.312 e. The minimum Gasteiger partial charge on any atom is -0.469 e. The SMILES string of the molecule is COC(=O)C1(CC(=O)c2ccccc2-c2ccc(N)cc2)CCOCC1. The molecule has 1 heterocycles. The first-order chi connectivity index (χ1) is 12.6. The number of benzene rings is 2. The third kappa shape index (κ3) is 3.63. The molecule has 0 atom stereocenters. The van der Waals surface area contributed by atoms with Gasteiger partial charge in [0.15, 0.2) is 5.78 Å². The van der Waals surface area contributed by atoms with E-state index in [1.807, 2.05) is 42.5 Å². The fourth-order valence-electron chi connectivity index (χ4n) is 3.47. The van der Waals surface area contributed by atoms with Gasteiger partial charge in [-0.2, -0.15) is 0 Å². The van der Waals surface area contributed by atoms with Crippen LogP contribution < -0.4 is 5.73 Å². The van der Waals surface area contributed by atoms with Crippen molar-refractivity contribution in [1.82, 2.24) is 0 Å². The normalized spacial score (nSPS) is 16.0. The van der Waals surface area contributed by atoms with Crippen LogP contribution in [0.25, 0.3) is 11.1 Å². The minimum atomic E-state index is -0.807. The summed E-state index contributed by atoms with van der Waals surface area (Å²) in [7, 11) is 1.37. The molecule has 1 saturated heterocycles. The number of rotatable bonds is 5. The summed E-state index contributed by atoms with van der Waals surface area (Å²) in [5, 5.41) is 0. The predicted octanol–water partition coefficient (Wildman–Crippen LogP) is 3.48. The molecule has 0 saturated carbocycles. The standard InChI is InChI=1S/C21H23NO4/c1-25-20(24)21(10-12-26-13-11-21)14-19(23)18-5-3-2-4-17(18)15-6-8-16(22)9-7-15/h2-9H,10-14,22H2,1H3. The van der Waals surface area contributed by atoms with Crippen LogP contribution in [0.5, 0.6) is 0 Å². The van der Waals surface area contributed by atoms with Crippen molar-refractivity contribution < 1.29 is 19.1 Å².